The van der Waals surface area contributed by atoms with Gasteiger partial charge in [0.25, 0.3) is 5.91 Å². The summed E-state index contributed by atoms with van der Waals surface area (Å²) in [5, 5.41) is 4.62. The van der Waals surface area contributed by atoms with E-state index in [1.807, 2.05) is 0 Å². The zero-order valence-electron chi connectivity index (χ0n) is 16.3. The number of carbonyl (C=O) groups is 2. The van der Waals surface area contributed by atoms with Crippen LogP contribution in [0.3, 0.4) is 0 Å². The lowest BCUT2D eigenvalue weighted by molar-refractivity contribution is -0.147. The maximum atomic E-state index is 13.1. The molecule has 8 heteroatoms. The predicted molar refractivity (Wildman–Crippen MR) is 105 cm³/mol. The van der Waals surface area contributed by atoms with E-state index in [2.05, 4.69) is 46.2 Å². The highest BCUT2D eigenvalue weighted by Crippen LogP contribution is 2.42. The van der Waals surface area contributed by atoms with Crippen molar-refractivity contribution in [1.82, 2.24) is 19.7 Å². The Morgan fingerprint density at radius 1 is 1.21 bits per heavy atom. The van der Waals surface area contributed by atoms with E-state index in [-0.39, 0.29) is 29.1 Å². The zero-order valence-corrected chi connectivity index (χ0v) is 17.1. The molecule has 28 heavy (non-hydrogen) atoms. The molecule has 2 aliphatic rings. The minimum atomic E-state index is -0.298. The summed E-state index contributed by atoms with van der Waals surface area (Å²) in [4.78, 5) is 31.7. The third kappa shape index (κ3) is 3.46. The van der Waals surface area contributed by atoms with Crippen LogP contribution in [0.1, 0.15) is 40.6 Å². The monoisotopic (exact) mass is 400 g/mol. The highest BCUT2D eigenvalue weighted by atomic mass is 32.2. The Morgan fingerprint density at radius 2 is 1.89 bits per heavy atom. The van der Waals surface area contributed by atoms with Crippen molar-refractivity contribution in [3.63, 3.8) is 0 Å². The molecule has 0 N–H and O–H groups in total. The molecule has 0 amide bonds. The number of likely N-dealkylation sites (tertiary alicyclic amines) is 1. The fourth-order valence-electron chi connectivity index (χ4n) is 4.02. The van der Waals surface area contributed by atoms with Gasteiger partial charge in [0.15, 0.2) is 5.16 Å². The lowest BCUT2D eigenvalue weighted by Crippen LogP contribution is -2.44. The second-order valence-electron chi connectivity index (χ2n) is 7.42. The fourth-order valence-corrected chi connectivity index (χ4v) is 5.32. The van der Waals surface area contributed by atoms with Crippen LogP contribution in [0.5, 0.6) is 0 Å². The molecule has 0 radical (unpaired) electrons. The average molecular weight is 401 g/mol. The fraction of sp³-hybridized carbons (Fsp3) is 0.500. The minimum Gasteiger partial charge on any atom is -0.469 e. The number of benzene rings is 1. The average Bonchev–Trinajstić information content (AvgIpc) is 3.21. The number of rotatable bonds is 4. The summed E-state index contributed by atoms with van der Waals surface area (Å²) < 4.78 is 6.35. The number of methoxy groups -OCH3 is 1. The maximum Gasteiger partial charge on any atom is 0.308 e. The molecule has 3 heterocycles. The van der Waals surface area contributed by atoms with Crippen molar-refractivity contribution in [1.29, 1.82) is 0 Å². The van der Waals surface area contributed by atoms with E-state index in [1.165, 1.54) is 29.1 Å². The van der Waals surface area contributed by atoms with E-state index in [1.54, 1.807) is 6.92 Å². The van der Waals surface area contributed by atoms with Crippen LogP contribution < -0.4 is 0 Å². The van der Waals surface area contributed by atoms with Crippen LogP contribution in [0.2, 0.25) is 0 Å². The van der Waals surface area contributed by atoms with Gasteiger partial charge in [0.05, 0.1) is 19.1 Å². The highest BCUT2D eigenvalue weighted by molar-refractivity contribution is 8.00. The first-order valence-corrected chi connectivity index (χ1v) is 10.4. The number of thioether (sulfide) groups is 1. The van der Waals surface area contributed by atoms with E-state index < -0.39 is 0 Å². The Kier molecular flexibility index (Phi) is 5.25. The van der Waals surface area contributed by atoms with Gasteiger partial charge < -0.3 is 4.74 Å². The number of aromatic nitrogens is 3. The topological polar surface area (TPSA) is 77.3 Å². The Bertz CT molecular complexity index is 887. The van der Waals surface area contributed by atoms with Gasteiger partial charge in [0.1, 0.15) is 11.1 Å². The Labute approximate surface area is 168 Å². The number of piperidine rings is 1. The summed E-state index contributed by atoms with van der Waals surface area (Å²) >= 11 is 1.48. The summed E-state index contributed by atoms with van der Waals surface area (Å²) in [6, 6.07) is 8.27. The second-order valence-corrected chi connectivity index (χ2v) is 8.53. The molecule has 2 aromatic rings. The number of hydrogen-bond donors (Lipinski definition) is 0. The summed E-state index contributed by atoms with van der Waals surface area (Å²) in [6.07, 6.45) is 1.48. The number of ether oxygens (including phenoxy) is 1. The second kappa shape index (κ2) is 7.67. The van der Waals surface area contributed by atoms with E-state index in [0.717, 1.165) is 31.5 Å². The lowest BCUT2D eigenvalue weighted by atomic mass is 9.92. The molecule has 1 aromatic carbocycles. The van der Waals surface area contributed by atoms with Crippen LogP contribution in [0, 0.1) is 19.8 Å². The molecule has 4 rings (SSSR count). The Hall–Kier alpha value is -2.19. The summed E-state index contributed by atoms with van der Waals surface area (Å²) in [5.41, 5.74) is 2.29. The van der Waals surface area contributed by atoms with Gasteiger partial charge in [-0.25, -0.2) is 4.98 Å². The molecule has 1 fully saturated rings. The Balaban J connectivity index is 1.61. The molecule has 2 aliphatic heterocycles. The smallest absolute Gasteiger partial charge is 0.308 e. The van der Waals surface area contributed by atoms with E-state index in [9.17, 15) is 9.59 Å². The summed E-state index contributed by atoms with van der Waals surface area (Å²) in [6.45, 7) is 5.34. The molecule has 2 atom stereocenters. The quantitative estimate of drug-likeness (QED) is 0.730. The van der Waals surface area contributed by atoms with Gasteiger partial charge in [-0.3, -0.25) is 14.5 Å². The van der Waals surface area contributed by atoms with Crippen molar-refractivity contribution in [2.45, 2.75) is 43.1 Å². The van der Waals surface area contributed by atoms with Crippen molar-refractivity contribution in [2.75, 3.05) is 20.2 Å². The maximum absolute atomic E-state index is 13.1. The first kappa shape index (κ1) is 19.1. The van der Waals surface area contributed by atoms with Crippen molar-refractivity contribution in [3.8, 4) is 0 Å². The molecule has 1 saturated heterocycles. The number of carbonyl (C=O) groups excluding carboxylic acids is 2. The highest BCUT2D eigenvalue weighted by Gasteiger charge is 2.43. The van der Waals surface area contributed by atoms with Crippen molar-refractivity contribution in [3.05, 3.63) is 41.2 Å². The van der Waals surface area contributed by atoms with Crippen LogP contribution in [0.4, 0.5) is 0 Å². The van der Waals surface area contributed by atoms with Gasteiger partial charge in [-0.1, -0.05) is 41.6 Å². The predicted octanol–water partition coefficient (Wildman–Crippen LogP) is 2.64. The van der Waals surface area contributed by atoms with Crippen LogP contribution in [-0.4, -0.2) is 57.0 Å². The molecule has 148 valence electrons. The standard InChI is InChI=1S/C20H24N4O3S/c1-12-4-6-14(7-5-12)16(23-10-8-15(9-11-23)19(26)27-3)17-18(25)24-20(28-17)21-13(2)22-24/h4-7,15-17H,8-11H2,1-3H3. The molecular weight excluding hydrogens is 376 g/mol. The minimum absolute atomic E-state index is 0.0266. The summed E-state index contributed by atoms with van der Waals surface area (Å²) in [5.74, 6) is 0.380. The van der Waals surface area contributed by atoms with E-state index >= 15 is 0 Å². The largest absolute Gasteiger partial charge is 0.469 e. The van der Waals surface area contributed by atoms with Crippen LogP contribution in [0.25, 0.3) is 0 Å². The van der Waals surface area contributed by atoms with Gasteiger partial charge in [-0.15, -0.1) is 5.10 Å². The lowest BCUT2D eigenvalue weighted by Gasteiger charge is -2.38. The number of esters is 1. The van der Waals surface area contributed by atoms with Gasteiger partial charge in [0, 0.05) is 0 Å². The van der Waals surface area contributed by atoms with Gasteiger partial charge in [-0.05, 0) is 45.3 Å². The molecule has 1 aromatic heterocycles. The molecule has 7 nitrogen and oxygen atoms in total. The summed E-state index contributed by atoms with van der Waals surface area (Å²) in [7, 11) is 1.44. The normalized spacial score (nSPS) is 21.5. The van der Waals surface area contributed by atoms with Gasteiger partial charge in [-0.2, -0.15) is 4.68 Å². The molecule has 2 unspecified atom stereocenters. The number of nitrogens with zero attached hydrogens (tertiary/aromatic N) is 4. The number of hydrogen-bond acceptors (Lipinski definition) is 7. The third-order valence-corrected chi connectivity index (χ3v) is 6.72. The molecule has 0 saturated carbocycles. The first-order valence-electron chi connectivity index (χ1n) is 9.51. The van der Waals surface area contributed by atoms with Crippen LogP contribution >= 0.6 is 11.8 Å². The first-order chi connectivity index (χ1) is 13.5. The van der Waals surface area contributed by atoms with Gasteiger partial charge in [0.2, 0.25) is 0 Å². The zero-order chi connectivity index (χ0) is 19.8. The van der Waals surface area contributed by atoms with E-state index in [0.29, 0.717) is 11.0 Å². The molecular formula is C20H24N4O3S. The number of fused-ring (bicyclic) bond motifs is 1. The SMILES string of the molecule is COC(=O)C1CCN(C(c2ccc(C)cc2)C2Sc3nc(C)nn3C2=O)CC1. The third-order valence-electron chi connectivity index (χ3n) is 5.53. The van der Waals surface area contributed by atoms with Crippen LogP contribution in [0.15, 0.2) is 29.4 Å². The molecule has 0 bridgehead atoms. The molecule has 0 aliphatic carbocycles. The van der Waals surface area contributed by atoms with E-state index in [4.69, 9.17) is 4.74 Å². The van der Waals surface area contributed by atoms with Crippen molar-refractivity contribution < 1.29 is 14.3 Å². The Morgan fingerprint density at radius 3 is 2.50 bits per heavy atom. The molecule has 0 spiro atoms. The number of aryl methyl sites for hydroxylation is 2. The van der Waals surface area contributed by atoms with Crippen LogP contribution in [-0.2, 0) is 9.53 Å². The van der Waals surface area contributed by atoms with Crippen molar-refractivity contribution >= 4 is 23.6 Å². The van der Waals surface area contributed by atoms with Crippen molar-refractivity contribution in [2.24, 2.45) is 5.92 Å². The van der Waals surface area contributed by atoms with Gasteiger partial charge >= 0.3 is 5.97 Å².